The van der Waals surface area contributed by atoms with Crippen molar-refractivity contribution in [2.75, 3.05) is 0 Å². The largest absolute Gasteiger partial charge is 0.361 e. The van der Waals surface area contributed by atoms with Gasteiger partial charge < -0.3 is 10.3 Å². The molecule has 0 fully saturated rings. The minimum absolute atomic E-state index is 0.606. The van der Waals surface area contributed by atoms with Crippen molar-refractivity contribution in [2.45, 2.75) is 45.7 Å². The van der Waals surface area contributed by atoms with Gasteiger partial charge in [0.15, 0.2) is 0 Å². The van der Waals surface area contributed by atoms with Gasteiger partial charge in [-0.3, -0.25) is 0 Å². The molecule has 0 saturated heterocycles. The number of aromatic amines is 1. The molecule has 1 aromatic carbocycles. The Bertz CT molecular complexity index is 459. The van der Waals surface area contributed by atoms with E-state index in [1.165, 1.54) is 35.7 Å². The van der Waals surface area contributed by atoms with E-state index in [1.807, 2.05) is 6.20 Å². The smallest absolute Gasteiger partial charge is 0.0457 e. The van der Waals surface area contributed by atoms with Crippen molar-refractivity contribution in [1.82, 2.24) is 10.3 Å². The van der Waals surface area contributed by atoms with Crippen LogP contribution in [0.15, 0.2) is 30.5 Å². The molecular formula is C15H22N2. The molecule has 0 aliphatic carbocycles. The third-order valence-corrected chi connectivity index (χ3v) is 3.26. The number of fused-ring (bicyclic) bond motifs is 1. The standard InChI is InChI=1S/C15H22N2/c1-3-4-5-12(2)17-11-13-6-7-14-8-9-16-15(14)10-13/h6-10,12,16-17H,3-5,11H2,1-2H3. The van der Waals surface area contributed by atoms with Crippen molar-refractivity contribution < 1.29 is 0 Å². The van der Waals surface area contributed by atoms with Gasteiger partial charge in [-0.15, -0.1) is 0 Å². The summed E-state index contributed by atoms with van der Waals surface area (Å²) in [5.74, 6) is 0. The fraction of sp³-hybridized carbons (Fsp3) is 0.467. The molecule has 0 spiro atoms. The molecule has 17 heavy (non-hydrogen) atoms. The molecule has 1 unspecified atom stereocenters. The van der Waals surface area contributed by atoms with E-state index in [0.717, 1.165) is 6.54 Å². The van der Waals surface area contributed by atoms with Crippen LogP contribution in [0.1, 0.15) is 38.7 Å². The first-order valence-electron chi connectivity index (χ1n) is 6.59. The van der Waals surface area contributed by atoms with Crippen LogP contribution in [0.25, 0.3) is 10.9 Å². The average molecular weight is 230 g/mol. The van der Waals surface area contributed by atoms with Crippen LogP contribution in [0.2, 0.25) is 0 Å². The Balaban J connectivity index is 1.89. The van der Waals surface area contributed by atoms with E-state index in [4.69, 9.17) is 0 Å². The van der Waals surface area contributed by atoms with Crippen molar-refractivity contribution in [3.05, 3.63) is 36.0 Å². The lowest BCUT2D eigenvalue weighted by molar-refractivity contribution is 0.495. The molecule has 0 bridgehead atoms. The predicted molar refractivity (Wildman–Crippen MR) is 74.1 cm³/mol. The molecule has 2 N–H and O–H groups in total. The Labute approximate surface area is 103 Å². The lowest BCUT2D eigenvalue weighted by Crippen LogP contribution is -2.25. The topological polar surface area (TPSA) is 27.8 Å². The van der Waals surface area contributed by atoms with Crippen LogP contribution in [0.3, 0.4) is 0 Å². The maximum absolute atomic E-state index is 3.58. The van der Waals surface area contributed by atoms with Gasteiger partial charge in [-0.2, -0.15) is 0 Å². The van der Waals surface area contributed by atoms with Crippen LogP contribution in [0.5, 0.6) is 0 Å². The van der Waals surface area contributed by atoms with Crippen molar-refractivity contribution in [3.8, 4) is 0 Å². The molecule has 0 saturated carbocycles. The van der Waals surface area contributed by atoms with Gasteiger partial charge >= 0.3 is 0 Å². The number of hydrogen-bond donors (Lipinski definition) is 2. The van der Waals surface area contributed by atoms with E-state index in [2.05, 4.69) is 48.4 Å². The Morgan fingerprint density at radius 2 is 2.18 bits per heavy atom. The maximum Gasteiger partial charge on any atom is 0.0457 e. The average Bonchev–Trinajstić information content (AvgIpc) is 2.81. The maximum atomic E-state index is 3.58. The summed E-state index contributed by atoms with van der Waals surface area (Å²) in [6.07, 6.45) is 5.84. The van der Waals surface area contributed by atoms with Gasteiger partial charge in [-0.05, 0) is 36.4 Å². The number of benzene rings is 1. The third-order valence-electron chi connectivity index (χ3n) is 3.26. The zero-order chi connectivity index (χ0) is 12.1. The summed E-state index contributed by atoms with van der Waals surface area (Å²) in [6.45, 7) is 5.47. The third kappa shape index (κ3) is 3.34. The molecule has 0 aliphatic rings. The molecule has 0 radical (unpaired) electrons. The monoisotopic (exact) mass is 230 g/mol. The van der Waals surface area contributed by atoms with E-state index in [1.54, 1.807) is 0 Å². The van der Waals surface area contributed by atoms with E-state index in [9.17, 15) is 0 Å². The molecule has 2 heteroatoms. The normalized spacial score (nSPS) is 13.1. The van der Waals surface area contributed by atoms with Gasteiger partial charge in [0, 0.05) is 24.3 Å². The lowest BCUT2D eigenvalue weighted by atomic mass is 10.1. The summed E-state index contributed by atoms with van der Waals surface area (Å²) < 4.78 is 0. The number of rotatable bonds is 6. The van der Waals surface area contributed by atoms with Crippen molar-refractivity contribution in [3.63, 3.8) is 0 Å². The van der Waals surface area contributed by atoms with Gasteiger partial charge in [-0.25, -0.2) is 0 Å². The van der Waals surface area contributed by atoms with Crippen LogP contribution in [-0.4, -0.2) is 11.0 Å². The summed E-state index contributed by atoms with van der Waals surface area (Å²) in [4.78, 5) is 3.25. The van der Waals surface area contributed by atoms with Gasteiger partial charge in [0.05, 0.1) is 0 Å². The summed E-state index contributed by atoms with van der Waals surface area (Å²) in [7, 11) is 0. The lowest BCUT2D eigenvalue weighted by Gasteiger charge is -2.13. The predicted octanol–water partition coefficient (Wildman–Crippen LogP) is 3.84. The van der Waals surface area contributed by atoms with E-state index in [0.29, 0.717) is 6.04 Å². The number of H-pyrrole nitrogens is 1. The van der Waals surface area contributed by atoms with E-state index < -0.39 is 0 Å². The molecule has 1 atom stereocenters. The first-order valence-corrected chi connectivity index (χ1v) is 6.59. The number of unbranched alkanes of at least 4 members (excludes halogenated alkanes) is 1. The highest BCUT2D eigenvalue weighted by atomic mass is 14.9. The first-order chi connectivity index (χ1) is 8.29. The molecule has 1 heterocycles. The minimum Gasteiger partial charge on any atom is -0.361 e. The van der Waals surface area contributed by atoms with Crippen LogP contribution in [0.4, 0.5) is 0 Å². The molecule has 2 nitrogen and oxygen atoms in total. The first kappa shape index (κ1) is 12.2. The molecule has 0 amide bonds. The second-order valence-corrected chi connectivity index (χ2v) is 4.82. The fourth-order valence-corrected chi connectivity index (χ4v) is 2.11. The highest BCUT2D eigenvalue weighted by Gasteiger charge is 2.01. The fourth-order valence-electron chi connectivity index (χ4n) is 2.11. The zero-order valence-corrected chi connectivity index (χ0v) is 10.8. The molecule has 1 aromatic heterocycles. The second kappa shape index (κ2) is 5.87. The Morgan fingerprint density at radius 3 is 3.00 bits per heavy atom. The molecule has 2 aromatic rings. The molecule has 0 aliphatic heterocycles. The Hall–Kier alpha value is -1.28. The Morgan fingerprint density at radius 1 is 1.29 bits per heavy atom. The van der Waals surface area contributed by atoms with Crippen LogP contribution in [-0.2, 0) is 6.54 Å². The van der Waals surface area contributed by atoms with Crippen molar-refractivity contribution >= 4 is 10.9 Å². The van der Waals surface area contributed by atoms with Crippen LogP contribution < -0.4 is 5.32 Å². The summed E-state index contributed by atoms with van der Waals surface area (Å²) in [5.41, 5.74) is 2.58. The summed E-state index contributed by atoms with van der Waals surface area (Å²) >= 11 is 0. The van der Waals surface area contributed by atoms with Crippen molar-refractivity contribution in [1.29, 1.82) is 0 Å². The Kier molecular flexibility index (Phi) is 4.21. The molecular weight excluding hydrogens is 208 g/mol. The van der Waals surface area contributed by atoms with Gasteiger partial charge in [0.25, 0.3) is 0 Å². The minimum atomic E-state index is 0.606. The molecule has 92 valence electrons. The van der Waals surface area contributed by atoms with Crippen molar-refractivity contribution in [2.24, 2.45) is 0 Å². The van der Waals surface area contributed by atoms with Gasteiger partial charge in [0.1, 0.15) is 0 Å². The van der Waals surface area contributed by atoms with Crippen LogP contribution in [0, 0.1) is 0 Å². The highest BCUT2D eigenvalue weighted by molar-refractivity contribution is 5.79. The summed E-state index contributed by atoms with van der Waals surface area (Å²) in [6, 6.07) is 9.33. The number of nitrogens with one attached hydrogen (secondary N) is 2. The van der Waals surface area contributed by atoms with Crippen LogP contribution >= 0.6 is 0 Å². The second-order valence-electron chi connectivity index (χ2n) is 4.82. The van der Waals surface area contributed by atoms with E-state index in [-0.39, 0.29) is 0 Å². The number of hydrogen-bond acceptors (Lipinski definition) is 1. The molecule has 2 rings (SSSR count). The van der Waals surface area contributed by atoms with Gasteiger partial charge in [0.2, 0.25) is 0 Å². The highest BCUT2D eigenvalue weighted by Crippen LogP contribution is 2.14. The van der Waals surface area contributed by atoms with Gasteiger partial charge in [-0.1, -0.05) is 31.9 Å². The summed E-state index contributed by atoms with van der Waals surface area (Å²) in [5, 5.41) is 4.86. The van der Waals surface area contributed by atoms with E-state index >= 15 is 0 Å². The number of aromatic nitrogens is 1. The quantitative estimate of drug-likeness (QED) is 0.775. The zero-order valence-electron chi connectivity index (χ0n) is 10.8. The SMILES string of the molecule is CCCCC(C)NCc1ccc2cc[nH]c2c1.